The summed E-state index contributed by atoms with van der Waals surface area (Å²) in [5.41, 5.74) is 10.2. The van der Waals surface area contributed by atoms with Gasteiger partial charge in [-0.3, -0.25) is 0 Å². The molecule has 0 saturated heterocycles. The van der Waals surface area contributed by atoms with E-state index in [4.69, 9.17) is 19.4 Å². The van der Waals surface area contributed by atoms with Crippen molar-refractivity contribution in [2.75, 3.05) is 4.90 Å². The third-order valence-electron chi connectivity index (χ3n) is 10.5. The molecule has 5 nitrogen and oxygen atoms in total. The van der Waals surface area contributed by atoms with Gasteiger partial charge in [0.1, 0.15) is 19.2 Å². The third kappa shape index (κ3) is 5.18. The van der Waals surface area contributed by atoms with E-state index in [2.05, 4.69) is 127 Å². The summed E-state index contributed by atoms with van der Waals surface area (Å²) >= 11 is 0. The fourth-order valence-electron chi connectivity index (χ4n) is 7.84. The van der Waals surface area contributed by atoms with Crippen molar-refractivity contribution >= 4 is 57.4 Å². The molecule has 2 aromatic heterocycles. The summed E-state index contributed by atoms with van der Waals surface area (Å²) < 4.78 is 6.81. The number of anilines is 3. The highest BCUT2D eigenvalue weighted by Crippen LogP contribution is 2.42. The van der Waals surface area contributed by atoms with Gasteiger partial charge in [-0.05, 0) is 52.3 Å². The standard InChI is InChI=1S/C47H34N4OSi/c1-53(2)42-24-13-12-23-39(42)51(35-19-10-5-11-20-35)40-29-33(26-28-43(40)53)36-21-14-22-38-37-27-25-34(30-41(37)52-44(36)38)47-49-45(31-15-6-3-7-16-31)48-46(50-47)32-17-8-4-9-18-32/h3-30H,1-2H3. The number of hydrogen-bond acceptors (Lipinski definition) is 5. The maximum atomic E-state index is 6.81. The average molecular weight is 699 g/mol. The zero-order valence-electron chi connectivity index (χ0n) is 29.4. The van der Waals surface area contributed by atoms with Crippen molar-refractivity contribution in [2.45, 2.75) is 13.1 Å². The Bertz CT molecular complexity index is 2760. The molecule has 53 heavy (non-hydrogen) atoms. The summed E-state index contributed by atoms with van der Waals surface area (Å²) in [6.07, 6.45) is 0. The monoisotopic (exact) mass is 698 g/mol. The van der Waals surface area contributed by atoms with Gasteiger partial charge in [-0.2, -0.15) is 0 Å². The first kappa shape index (κ1) is 31.1. The van der Waals surface area contributed by atoms with Crippen molar-refractivity contribution in [2.24, 2.45) is 0 Å². The van der Waals surface area contributed by atoms with Crippen LogP contribution >= 0.6 is 0 Å². The number of nitrogens with zero attached hydrogens (tertiary/aromatic N) is 4. The van der Waals surface area contributed by atoms with Crippen LogP contribution in [0, 0.1) is 0 Å². The highest BCUT2D eigenvalue weighted by Gasteiger charge is 2.38. The number of hydrogen-bond donors (Lipinski definition) is 0. The number of benzene rings is 7. The Balaban J connectivity index is 1.11. The second-order valence-corrected chi connectivity index (χ2v) is 18.4. The Kier molecular flexibility index (Phi) is 7.20. The number of aromatic nitrogens is 3. The molecule has 252 valence electrons. The smallest absolute Gasteiger partial charge is 0.164 e. The molecule has 0 amide bonds. The van der Waals surface area contributed by atoms with Crippen LogP contribution in [0.2, 0.25) is 13.1 Å². The summed E-state index contributed by atoms with van der Waals surface area (Å²) in [5.74, 6) is 1.86. The van der Waals surface area contributed by atoms with E-state index in [9.17, 15) is 0 Å². The van der Waals surface area contributed by atoms with Crippen LogP contribution in [0.4, 0.5) is 17.1 Å². The summed E-state index contributed by atoms with van der Waals surface area (Å²) in [5, 5.41) is 5.00. The first-order chi connectivity index (χ1) is 26.0. The van der Waals surface area contributed by atoms with E-state index in [1.165, 1.54) is 21.7 Å². The van der Waals surface area contributed by atoms with Gasteiger partial charge in [0.2, 0.25) is 0 Å². The van der Waals surface area contributed by atoms with Gasteiger partial charge in [-0.15, -0.1) is 0 Å². The zero-order chi connectivity index (χ0) is 35.5. The minimum atomic E-state index is -1.98. The summed E-state index contributed by atoms with van der Waals surface area (Å²) in [6, 6.07) is 59.5. The average Bonchev–Trinajstić information content (AvgIpc) is 3.60. The van der Waals surface area contributed by atoms with Gasteiger partial charge in [-0.1, -0.05) is 147 Å². The molecule has 0 saturated carbocycles. The van der Waals surface area contributed by atoms with Crippen molar-refractivity contribution in [3.8, 4) is 45.3 Å². The van der Waals surface area contributed by atoms with Gasteiger partial charge in [-0.25, -0.2) is 15.0 Å². The molecule has 0 N–H and O–H groups in total. The SMILES string of the molecule is C[Si]1(C)c2ccccc2N(c2ccccc2)c2cc(-c3cccc4c3oc3cc(-c5nc(-c6ccccc6)nc(-c6ccccc6)n5)ccc34)ccc21. The Labute approximate surface area is 308 Å². The highest BCUT2D eigenvalue weighted by atomic mass is 28.3. The molecule has 10 rings (SSSR count). The lowest BCUT2D eigenvalue weighted by atomic mass is 10.0. The number of para-hydroxylation sites is 3. The summed E-state index contributed by atoms with van der Waals surface area (Å²) in [4.78, 5) is 17.2. The number of furan rings is 1. The van der Waals surface area contributed by atoms with Crippen molar-refractivity contribution < 1.29 is 4.42 Å². The van der Waals surface area contributed by atoms with Gasteiger partial charge in [0.05, 0.1) is 0 Å². The molecule has 3 heterocycles. The van der Waals surface area contributed by atoms with Crippen LogP contribution < -0.4 is 15.3 Å². The van der Waals surface area contributed by atoms with Gasteiger partial charge in [0.15, 0.2) is 17.5 Å². The first-order valence-electron chi connectivity index (χ1n) is 18.0. The predicted molar refractivity (Wildman–Crippen MR) is 220 cm³/mol. The lowest BCUT2D eigenvalue weighted by molar-refractivity contribution is 0.670. The van der Waals surface area contributed by atoms with Gasteiger partial charge in [0.25, 0.3) is 0 Å². The van der Waals surface area contributed by atoms with E-state index < -0.39 is 8.07 Å². The number of fused-ring (bicyclic) bond motifs is 5. The molecule has 1 aliphatic rings. The second-order valence-electron chi connectivity index (χ2n) is 14.1. The summed E-state index contributed by atoms with van der Waals surface area (Å²) in [7, 11) is -1.98. The zero-order valence-corrected chi connectivity index (χ0v) is 30.4. The van der Waals surface area contributed by atoms with Crippen LogP contribution in [0.25, 0.3) is 67.2 Å². The van der Waals surface area contributed by atoms with E-state index >= 15 is 0 Å². The van der Waals surface area contributed by atoms with Crippen molar-refractivity contribution in [3.63, 3.8) is 0 Å². The molecule has 0 aliphatic carbocycles. The number of rotatable bonds is 5. The van der Waals surface area contributed by atoms with E-state index in [-0.39, 0.29) is 0 Å². The molecule has 0 spiro atoms. The lowest BCUT2D eigenvalue weighted by Gasteiger charge is -2.41. The molecule has 0 unspecified atom stereocenters. The quantitative estimate of drug-likeness (QED) is 0.168. The molecular weight excluding hydrogens is 665 g/mol. The van der Waals surface area contributed by atoms with E-state index in [0.29, 0.717) is 17.5 Å². The third-order valence-corrected chi connectivity index (χ3v) is 14.1. The Morgan fingerprint density at radius 2 is 1.04 bits per heavy atom. The van der Waals surface area contributed by atoms with Crippen LogP contribution in [-0.2, 0) is 0 Å². The Morgan fingerprint density at radius 1 is 0.453 bits per heavy atom. The van der Waals surface area contributed by atoms with E-state index in [1.807, 2.05) is 60.7 Å². The van der Waals surface area contributed by atoms with Crippen LogP contribution in [0.1, 0.15) is 0 Å². The molecule has 0 atom stereocenters. The highest BCUT2D eigenvalue weighted by molar-refractivity contribution is 7.02. The first-order valence-corrected chi connectivity index (χ1v) is 21.0. The van der Waals surface area contributed by atoms with Gasteiger partial charge < -0.3 is 9.32 Å². The fourth-order valence-corrected chi connectivity index (χ4v) is 10.8. The maximum Gasteiger partial charge on any atom is 0.164 e. The molecule has 0 radical (unpaired) electrons. The minimum absolute atomic E-state index is 0.600. The Hall–Kier alpha value is -6.63. The predicted octanol–water partition coefficient (Wildman–Crippen LogP) is 11.0. The van der Waals surface area contributed by atoms with Crippen LogP contribution in [0.15, 0.2) is 174 Å². The van der Waals surface area contributed by atoms with Crippen molar-refractivity contribution in [3.05, 3.63) is 170 Å². The van der Waals surface area contributed by atoms with Crippen molar-refractivity contribution in [1.29, 1.82) is 0 Å². The molecule has 6 heteroatoms. The van der Waals surface area contributed by atoms with E-state index in [0.717, 1.165) is 55.4 Å². The fraction of sp³-hybridized carbons (Fsp3) is 0.0426. The largest absolute Gasteiger partial charge is 0.455 e. The molecule has 9 aromatic rings. The lowest BCUT2D eigenvalue weighted by Crippen LogP contribution is -2.58. The van der Waals surface area contributed by atoms with Crippen LogP contribution in [-0.4, -0.2) is 23.0 Å². The van der Waals surface area contributed by atoms with Gasteiger partial charge in [0, 0.05) is 50.1 Å². The normalized spacial score (nSPS) is 13.2. The van der Waals surface area contributed by atoms with Crippen LogP contribution in [0.5, 0.6) is 0 Å². The van der Waals surface area contributed by atoms with Gasteiger partial charge >= 0.3 is 0 Å². The van der Waals surface area contributed by atoms with Crippen molar-refractivity contribution in [1.82, 2.24) is 15.0 Å². The molecule has 0 fully saturated rings. The summed E-state index contributed by atoms with van der Waals surface area (Å²) in [6.45, 7) is 4.92. The maximum absolute atomic E-state index is 6.81. The van der Waals surface area contributed by atoms with E-state index in [1.54, 1.807) is 0 Å². The second kappa shape index (κ2) is 12.3. The Morgan fingerprint density at radius 3 is 1.74 bits per heavy atom. The minimum Gasteiger partial charge on any atom is -0.455 e. The molecule has 7 aromatic carbocycles. The topological polar surface area (TPSA) is 55.1 Å². The molecule has 1 aliphatic heterocycles. The molecular formula is C47H34N4OSi. The van der Waals surface area contributed by atoms with Crippen LogP contribution in [0.3, 0.4) is 0 Å². The molecule has 0 bridgehead atoms.